The van der Waals surface area contributed by atoms with Crippen LogP contribution in [0, 0.1) is 23.7 Å². The molecule has 0 heterocycles. The van der Waals surface area contributed by atoms with Crippen LogP contribution in [0.15, 0.2) is 22.8 Å². The van der Waals surface area contributed by atoms with E-state index >= 15 is 0 Å². The van der Waals surface area contributed by atoms with Crippen molar-refractivity contribution in [2.45, 2.75) is 59.8 Å². The van der Waals surface area contributed by atoms with Gasteiger partial charge in [0.1, 0.15) is 0 Å². The maximum Gasteiger partial charge on any atom is 0.0445 e. The molecule has 18 heavy (non-hydrogen) atoms. The maximum atomic E-state index is 2.59. The highest BCUT2D eigenvalue weighted by Crippen LogP contribution is 2.52. The standard InChI is InChI=1S/C17H30Si/c1-11-9-16-12(2)8-15(10-18(5,6)7)17(16)14(4)13(11)3/h9,12,15-17H,8,10H2,1-7H3. The first-order valence-corrected chi connectivity index (χ1v) is 11.3. The van der Waals surface area contributed by atoms with Gasteiger partial charge in [0, 0.05) is 8.07 Å². The maximum absolute atomic E-state index is 2.59. The second-order valence-electron chi connectivity index (χ2n) is 8.00. The van der Waals surface area contributed by atoms with Crippen LogP contribution in [0.3, 0.4) is 0 Å². The number of allylic oxidation sites excluding steroid dienone is 4. The summed E-state index contributed by atoms with van der Waals surface area (Å²) in [4.78, 5) is 0. The Morgan fingerprint density at radius 3 is 2.33 bits per heavy atom. The Labute approximate surface area is 115 Å². The minimum atomic E-state index is -0.940. The molecule has 102 valence electrons. The van der Waals surface area contributed by atoms with Gasteiger partial charge in [-0.3, -0.25) is 0 Å². The van der Waals surface area contributed by atoms with E-state index in [0.29, 0.717) is 0 Å². The highest BCUT2D eigenvalue weighted by molar-refractivity contribution is 6.76. The van der Waals surface area contributed by atoms with Gasteiger partial charge in [0.25, 0.3) is 0 Å². The lowest BCUT2D eigenvalue weighted by Crippen LogP contribution is -2.28. The van der Waals surface area contributed by atoms with Crippen molar-refractivity contribution < 1.29 is 0 Å². The fourth-order valence-corrected chi connectivity index (χ4v) is 6.32. The largest absolute Gasteiger partial charge is 0.0773 e. The number of hydrogen-bond acceptors (Lipinski definition) is 0. The van der Waals surface area contributed by atoms with Crippen LogP contribution in [0.1, 0.15) is 34.1 Å². The van der Waals surface area contributed by atoms with E-state index in [0.717, 1.165) is 23.7 Å². The molecule has 0 saturated heterocycles. The van der Waals surface area contributed by atoms with E-state index in [9.17, 15) is 0 Å². The number of hydrogen-bond donors (Lipinski definition) is 0. The lowest BCUT2D eigenvalue weighted by Gasteiger charge is -2.33. The average molecular weight is 263 g/mol. The molecule has 2 aliphatic carbocycles. The number of fused-ring (bicyclic) bond motifs is 1. The van der Waals surface area contributed by atoms with Gasteiger partial charge in [0.15, 0.2) is 0 Å². The molecule has 4 unspecified atom stereocenters. The molecule has 1 fully saturated rings. The van der Waals surface area contributed by atoms with Gasteiger partial charge in [-0.15, -0.1) is 0 Å². The lowest BCUT2D eigenvalue weighted by atomic mass is 9.75. The van der Waals surface area contributed by atoms with Crippen LogP contribution in [0.2, 0.25) is 25.7 Å². The third kappa shape index (κ3) is 2.52. The molecule has 0 amide bonds. The van der Waals surface area contributed by atoms with Gasteiger partial charge < -0.3 is 0 Å². The van der Waals surface area contributed by atoms with Gasteiger partial charge >= 0.3 is 0 Å². The van der Waals surface area contributed by atoms with Crippen molar-refractivity contribution in [2.24, 2.45) is 23.7 Å². The zero-order valence-corrected chi connectivity index (χ0v) is 14.3. The summed E-state index contributed by atoms with van der Waals surface area (Å²) in [5.74, 6) is 3.52. The molecule has 0 bridgehead atoms. The predicted octanol–water partition coefficient (Wildman–Crippen LogP) is 5.51. The third-order valence-corrected chi connectivity index (χ3v) is 7.00. The molecule has 0 aromatic heterocycles. The van der Waals surface area contributed by atoms with E-state index in [1.165, 1.54) is 18.0 Å². The molecular formula is C17H30Si. The van der Waals surface area contributed by atoms with Crippen molar-refractivity contribution in [3.05, 3.63) is 22.8 Å². The molecule has 0 N–H and O–H groups in total. The SMILES string of the molecule is CC1=CC2C(C)CC(C[Si](C)(C)C)C2C(C)=C1C. The lowest BCUT2D eigenvalue weighted by molar-refractivity contribution is 0.398. The van der Waals surface area contributed by atoms with Gasteiger partial charge in [-0.05, 0) is 56.4 Å². The summed E-state index contributed by atoms with van der Waals surface area (Å²) in [6.07, 6.45) is 4.04. The van der Waals surface area contributed by atoms with Crippen LogP contribution in [0.25, 0.3) is 0 Å². The molecule has 2 rings (SSSR count). The van der Waals surface area contributed by atoms with Crippen LogP contribution < -0.4 is 0 Å². The summed E-state index contributed by atoms with van der Waals surface area (Å²) in [5.41, 5.74) is 4.81. The highest BCUT2D eigenvalue weighted by Gasteiger charge is 2.43. The molecule has 2 aliphatic rings. The zero-order valence-electron chi connectivity index (χ0n) is 13.3. The second-order valence-corrected chi connectivity index (χ2v) is 13.5. The van der Waals surface area contributed by atoms with E-state index in [-0.39, 0.29) is 0 Å². The Morgan fingerprint density at radius 1 is 1.17 bits per heavy atom. The van der Waals surface area contributed by atoms with Crippen LogP contribution in [-0.4, -0.2) is 8.07 Å². The van der Waals surface area contributed by atoms with E-state index in [4.69, 9.17) is 0 Å². The zero-order chi connectivity index (χ0) is 13.7. The minimum absolute atomic E-state index is 0.829. The first-order chi connectivity index (χ1) is 8.20. The monoisotopic (exact) mass is 262 g/mol. The van der Waals surface area contributed by atoms with Crippen molar-refractivity contribution in [2.75, 3.05) is 0 Å². The van der Waals surface area contributed by atoms with Crippen molar-refractivity contribution in [1.82, 2.24) is 0 Å². The highest BCUT2D eigenvalue weighted by atomic mass is 28.3. The average Bonchev–Trinajstić information content (AvgIpc) is 2.49. The van der Waals surface area contributed by atoms with Crippen LogP contribution in [-0.2, 0) is 0 Å². The third-order valence-electron chi connectivity index (χ3n) is 5.25. The normalized spacial score (nSPS) is 36.7. The van der Waals surface area contributed by atoms with E-state index < -0.39 is 8.07 Å². The van der Waals surface area contributed by atoms with Crippen molar-refractivity contribution >= 4 is 8.07 Å². The van der Waals surface area contributed by atoms with Crippen molar-refractivity contribution in [3.63, 3.8) is 0 Å². The Balaban J connectivity index is 2.29. The van der Waals surface area contributed by atoms with Crippen LogP contribution >= 0.6 is 0 Å². The Bertz CT molecular complexity index is 394. The smallest absolute Gasteiger partial charge is 0.0445 e. The van der Waals surface area contributed by atoms with Crippen molar-refractivity contribution in [3.8, 4) is 0 Å². The predicted molar refractivity (Wildman–Crippen MR) is 84.5 cm³/mol. The summed E-state index contributed by atoms with van der Waals surface area (Å²) in [6.45, 7) is 17.1. The summed E-state index contributed by atoms with van der Waals surface area (Å²) in [5, 5.41) is 0. The molecule has 1 heteroatoms. The van der Waals surface area contributed by atoms with Crippen LogP contribution in [0.5, 0.6) is 0 Å². The molecule has 0 aromatic carbocycles. The Kier molecular flexibility index (Phi) is 3.66. The number of rotatable bonds is 2. The minimum Gasteiger partial charge on any atom is -0.0773 e. The molecule has 4 atom stereocenters. The topological polar surface area (TPSA) is 0 Å². The van der Waals surface area contributed by atoms with Gasteiger partial charge in [-0.2, -0.15) is 0 Å². The van der Waals surface area contributed by atoms with Crippen molar-refractivity contribution in [1.29, 1.82) is 0 Å². The summed E-state index contributed by atoms with van der Waals surface area (Å²) in [7, 11) is -0.940. The van der Waals surface area contributed by atoms with Crippen LogP contribution in [0.4, 0.5) is 0 Å². The fourth-order valence-electron chi connectivity index (χ4n) is 4.33. The molecule has 0 aliphatic heterocycles. The Morgan fingerprint density at radius 2 is 1.78 bits per heavy atom. The first-order valence-electron chi connectivity index (χ1n) is 7.57. The molecule has 1 saturated carbocycles. The summed E-state index contributed by atoms with van der Waals surface area (Å²) >= 11 is 0. The van der Waals surface area contributed by atoms with E-state index in [2.05, 4.69) is 53.4 Å². The summed E-state index contributed by atoms with van der Waals surface area (Å²) in [6, 6.07) is 1.51. The van der Waals surface area contributed by atoms with E-state index in [1.54, 1.807) is 11.1 Å². The van der Waals surface area contributed by atoms with E-state index in [1.807, 2.05) is 0 Å². The van der Waals surface area contributed by atoms with Gasteiger partial charge in [0.2, 0.25) is 0 Å². The summed E-state index contributed by atoms with van der Waals surface area (Å²) < 4.78 is 0. The van der Waals surface area contributed by atoms with Gasteiger partial charge in [-0.25, -0.2) is 0 Å². The Hall–Kier alpha value is -0.303. The first kappa shape index (κ1) is 14.1. The molecule has 0 nitrogen and oxygen atoms in total. The fraction of sp³-hybridized carbons (Fsp3) is 0.765. The van der Waals surface area contributed by atoms with Gasteiger partial charge in [0.05, 0.1) is 0 Å². The molecule has 0 radical (unpaired) electrons. The molecule has 0 spiro atoms. The van der Waals surface area contributed by atoms with Gasteiger partial charge in [-0.1, -0.05) is 49.8 Å². The molecular weight excluding hydrogens is 232 g/mol. The molecule has 0 aromatic rings. The second kappa shape index (κ2) is 4.66. The quantitative estimate of drug-likeness (QED) is 0.576.